The molecular formula is C11H17N3O4. The first-order valence-corrected chi connectivity index (χ1v) is 5.46. The summed E-state index contributed by atoms with van der Waals surface area (Å²) < 4.78 is 6.35. The fourth-order valence-electron chi connectivity index (χ4n) is 1.21. The van der Waals surface area contributed by atoms with Crippen LogP contribution >= 0.6 is 0 Å². The Morgan fingerprint density at radius 3 is 2.72 bits per heavy atom. The first-order valence-electron chi connectivity index (χ1n) is 5.46. The third kappa shape index (κ3) is 5.33. The number of carboxylic acid groups (broad SMARTS) is 1. The summed E-state index contributed by atoms with van der Waals surface area (Å²) in [6, 6.07) is 0. The van der Waals surface area contributed by atoms with Crippen molar-refractivity contribution in [3.63, 3.8) is 0 Å². The first kappa shape index (κ1) is 14.0. The van der Waals surface area contributed by atoms with Crippen LogP contribution in [0.1, 0.15) is 26.3 Å². The van der Waals surface area contributed by atoms with E-state index in [0.29, 0.717) is 5.56 Å². The van der Waals surface area contributed by atoms with E-state index < -0.39 is 17.7 Å². The summed E-state index contributed by atoms with van der Waals surface area (Å²) >= 11 is 0. The molecule has 0 saturated heterocycles. The Kier molecular flexibility index (Phi) is 4.30. The van der Waals surface area contributed by atoms with E-state index in [1.165, 1.54) is 10.9 Å². The minimum Gasteiger partial charge on any atom is -0.480 e. The second-order valence-corrected chi connectivity index (χ2v) is 4.80. The van der Waals surface area contributed by atoms with Crippen LogP contribution in [-0.2, 0) is 22.6 Å². The number of amides is 1. The van der Waals surface area contributed by atoms with Crippen molar-refractivity contribution in [2.45, 2.75) is 39.5 Å². The van der Waals surface area contributed by atoms with Crippen LogP contribution in [0.5, 0.6) is 0 Å². The lowest BCUT2D eigenvalue weighted by Crippen LogP contribution is -2.32. The molecule has 0 saturated carbocycles. The summed E-state index contributed by atoms with van der Waals surface area (Å²) in [7, 11) is 0. The van der Waals surface area contributed by atoms with Crippen molar-refractivity contribution < 1.29 is 19.4 Å². The lowest BCUT2D eigenvalue weighted by Gasteiger charge is -2.19. The molecule has 2 N–H and O–H groups in total. The molecule has 0 fully saturated rings. The van der Waals surface area contributed by atoms with Gasteiger partial charge in [-0.25, -0.2) is 4.79 Å². The van der Waals surface area contributed by atoms with Crippen LogP contribution in [0.4, 0.5) is 4.79 Å². The number of carboxylic acids is 1. The largest absolute Gasteiger partial charge is 0.480 e. The fraction of sp³-hybridized carbons (Fsp3) is 0.545. The maximum Gasteiger partial charge on any atom is 0.407 e. The number of aromatic nitrogens is 2. The molecule has 0 radical (unpaired) electrons. The smallest absolute Gasteiger partial charge is 0.407 e. The molecule has 1 rings (SSSR count). The molecular weight excluding hydrogens is 238 g/mol. The zero-order valence-corrected chi connectivity index (χ0v) is 10.6. The van der Waals surface area contributed by atoms with Crippen molar-refractivity contribution in [1.82, 2.24) is 15.1 Å². The van der Waals surface area contributed by atoms with Crippen LogP contribution in [0.2, 0.25) is 0 Å². The highest BCUT2D eigenvalue weighted by atomic mass is 16.6. The van der Waals surface area contributed by atoms with Gasteiger partial charge in [0.15, 0.2) is 0 Å². The van der Waals surface area contributed by atoms with Crippen molar-refractivity contribution in [3.05, 3.63) is 18.0 Å². The highest BCUT2D eigenvalue weighted by Crippen LogP contribution is 2.06. The number of rotatable bonds is 4. The Hall–Kier alpha value is -2.05. The monoisotopic (exact) mass is 255 g/mol. The molecule has 0 unspecified atom stereocenters. The number of carbonyl (C=O) groups excluding carboxylic acids is 1. The lowest BCUT2D eigenvalue weighted by atomic mass is 10.2. The van der Waals surface area contributed by atoms with Crippen molar-refractivity contribution in [2.24, 2.45) is 0 Å². The number of aliphatic carboxylic acids is 1. The molecule has 0 aromatic carbocycles. The number of nitrogens with zero attached hydrogens (tertiary/aromatic N) is 2. The maximum absolute atomic E-state index is 11.4. The second-order valence-electron chi connectivity index (χ2n) is 4.80. The third-order valence-electron chi connectivity index (χ3n) is 1.82. The van der Waals surface area contributed by atoms with Gasteiger partial charge in [-0.1, -0.05) is 0 Å². The second kappa shape index (κ2) is 5.52. The number of hydrogen-bond acceptors (Lipinski definition) is 4. The predicted octanol–water partition coefficient (Wildman–Crippen LogP) is 0.992. The standard InChI is InChI=1S/C11H17N3O4/c1-11(2,3)18-10(17)12-4-8-5-13-14(6-8)7-9(15)16/h5-6H,4,7H2,1-3H3,(H,12,17)(H,15,16). The minimum absolute atomic E-state index is 0.202. The van der Waals surface area contributed by atoms with Crippen LogP contribution in [0.3, 0.4) is 0 Å². The molecule has 100 valence electrons. The highest BCUT2D eigenvalue weighted by Gasteiger charge is 2.15. The molecule has 1 aromatic rings. The normalized spacial score (nSPS) is 11.1. The molecule has 7 nitrogen and oxygen atoms in total. The van der Waals surface area contributed by atoms with Crippen LogP contribution in [-0.4, -0.2) is 32.6 Å². The number of alkyl carbamates (subject to hydrolysis) is 1. The van der Waals surface area contributed by atoms with E-state index in [1.54, 1.807) is 27.0 Å². The van der Waals surface area contributed by atoms with E-state index in [4.69, 9.17) is 9.84 Å². The first-order chi connectivity index (χ1) is 8.26. The molecule has 18 heavy (non-hydrogen) atoms. The number of nitrogens with one attached hydrogen (secondary N) is 1. The van der Waals surface area contributed by atoms with Gasteiger partial charge in [-0.05, 0) is 20.8 Å². The predicted molar refractivity (Wildman–Crippen MR) is 62.9 cm³/mol. The summed E-state index contributed by atoms with van der Waals surface area (Å²) in [5, 5.41) is 15.0. The van der Waals surface area contributed by atoms with Crippen molar-refractivity contribution in [1.29, 1.82) is 0 Å². The van der Waals surface area contributed by atoms with E-state index >= 15 is 0 Å². The Morgan fingerprint density at radius 1 is 1.50 bits per heavy atom. The van der Waals surface area contributed by atoms with Gasteiger partial charge >= 0.3 is 12.1 Å². The zero-order chi connectivity index (χ0) is 13.8. The zero-order valence-electron chi connectivity index (χ0n) is 10.6. The molecule has 1 amide bonds. The molecule has 7 heteroatoms. The van der Waals surface area contributed by atoms with Crippen LogP contribution < -0.4 is 5.32 Å². The van der Waals surface area contributed by atoms with Crippen molar-refractivity contribution in [3.8, 4) is 0 Å². The third-order valence-corrected chi connectivity index (χ3v) is 1.82. The maximum atomic E-state index is 11.4. The summed E-state index contributed by atoms with van der Waals surface area (Å²) in [5.74, 6) is -0.968. The van der Waals surface area contributed by atoms with Crippen molar-refractivity contribution in [2.75, 3.05) is 0 Å². The van der Waals surface area contributed by atoms with Crippen LogP contribution in [0, 0.1) is 0 Å². The van der Waals surface area contributed by atoms with Gasteiger partial charge in [0, 0.05) is 18.3 Å². The molecule has 0 spiro atoms. The van der Waals surface area contributed by atoms with Gasteiger partial charge < -0.3 is 15.2 Å². The van der Waals surface area contributed by atoms with Gasteiger partial charge in [-0.15, -0.1) is 0 Å². The van der Waals surface area contributed by atoms with Gasteiger partial charge in [0.05, 0.1) is 6.20 Å². The number of carbonyl (C=O) groups is 2. The highest BCUT2D eigenvalue weighted by molar-refractivity contribution is 5.67. The summed E-state index contributed by atoms with van der Waals surface area (Å²) in [6.07, 6.45) is 2.54. The fourth-order valence-corrected chi connectivity index (χ4v) is 1.21. The molecule has 1 heterocycles. The lowest BCUT2D eigenvalue weighted by molar-refractivity contribution is -0.137. The van der Waals surface area contributed by atoms with E-state index in [9.17, 15) is 9.59 Å². The Bertz CT molecular complexity index is 434. The number of hydrogen-bond donors (Lipinski definition) is 2. The Labute approximate surface area is 105 Å². The number of ether oxygens (including phenoxy) is 1. The van der Waals surface area contributed by atoms with Gasteiger partial charge in [-0.2, -0.15) is 5.10 Å². The molecule has 0 bridgehead atoms. The Morgan fingerprint density at radius 2 is 2.17 bits per heavy atom. The SMILES string of the molecule is CC(C)(C)OC(=O)NCc1cnn(CC(=O)O)c1. The molecule has 1 aromatic heterocycles. The van der Waals surface area contributed by atoms with Gasteiger partial charge in [-0.3, -0.25) is 9.48 Å². The summed E-state index contributed by atoms with van der Waals surface area (Å²) in [6.45, 7) is 5.37. The average Bonchev–Trinajstić information content (AvgIpc) is 2.59. The van der Waals surface area contributed by atoms with E-state index in [0.717, 1.165) is 0 Å². The molecule has 0 aliphatic rings. The molecule has 0 aliphatic heterocycles. The van der Waals surface area contributed by atoms with Gasteiger partial charge in [0.2, 0.25) is 0 Å². The Balaban J connectivity index is 2.42. The van der Waals surface area contributed by atoms with E-state index in [-0.39, 0.29) is 13.1 Å². The molecule has 0 aliphatic carbocycles. The average molecular weight is 255 g/mol. The minimum atomic E-state index is -0.968. The quantitative estimate of drug-likeness (QED) is 0.836. The van der Waals surface area contributed by atoms with Crippen LogP contribution in [0.25, 0.3) is 0 Å². The van der Waals surface area contributed by atoms with Crippen molar-refractivity contribution >= 4 is 12.1 Å². The van der Waals surface area contributed by atoms with Gasteiger partial charge in [0.1, 0.15) is 12.1 Å². The summed E-state index contributed by atoms with van der Waals surface area (Å²) in [4.78, 5) is 21.8. The van der Waals surface area contributed by atoms with Gasteiger partial charge in [0.25, 0.3) is 0 Å². The topological polar surface area (TPSA) is 93.5 Å². The van der Waals surface area contributed by atoms with E-state index in [2.05, 4.69) is 10.4 Å². The molecule has 0 atom stereocenters. The van der Waals surface area contributed by atoms with E-state index in [1.807, 2.05) is 0 Å². The van der Waals surface area contributed by atoms with Crippen LogP contribution in [0.15, 0.2) is 12.4 Å². The summed E-state index contributed by atoms with van der Waals surface area (Å²) in [5.41, 5.74) is 0.166.